The van der Waals surface area contributed by atoms with Crippen molar-refractivity contribution in [3.63, 3.8) is 0 Å². The molecule has 0 radical (unpaired) electrons. The van der Waals surface area contributed by atoms with E-state index in [1.165, 1.54) is 21.9 Å². The Labute approximate surface area is 168 Å². The maximum Gasteiger partial charge on any atom is 0.319 e. The lowest BCUT2D eigenvalue weighted by Crippen LogP contribution is -2.29. The summed E-state index contributed by atoms with van der Waals surface area (Å²) >= 11 is 7.14. The number of halogens is 1. The summed E-state index contributed by atoms with van der Waals surface area (Å²) in [6, 6.07) is 17.3. The summed E-state index contributed by atoms with van der Waals surface area (Å²) < 4.78 is 1.27. The fourth-order valence-corrected chi connectivity index (χ4v) is 3.58. The van der Waals surface area contributed by atoms with E-state index < -0.39 is 6.03 Å². The van der Waals surface area contributed by atoms with Crippen LogP contribution in [0.15, 0.2) is 65.5 Å². The third-order valence-corrected chi connectivity index (χ3v) is 5.06. The molecule has 4 aromatic rings. The van der Waals surface area contributed by atoms with Gasteiger partial charge in [-0.25, -0.2) is 9.78 Å². The second-order valence-electron chi connectivity index (χ2n) is 5.87. The van der Waals surface area contributed by atoms with Gasteiger partial charge in [-0.3, -0.25) is 4.79 Å². The van der Waals surface area contributed by atoms with Crippen LogP contribution in [0.4, 0.5) is 10.5 Å². The zero-order valence-electron chi connectivity index (χ0n) is 14.4. The van der Waals surface area contributed by atoms with Crippen molar-refractivity contribution >= 4 is 39.6 Å². The van der Waals surface area contributed by atoms with Crippen LogP contribution in [0, 0.1) is 0 Å². The maximum absolute atomic E-state index is 12.3. The maximum atomic E-state index is 12.3. The van der Waals surface area contributed by atoms with Crippen molar-refractivity contribution in [3.05, 3.63) is 81.7 Å². The smallest absolute Gasteiger partial charge is 0.319 e. The van der Waals surface area contributed by atoms with Gasteiger partial charge in [-0.1, -0.05) is 53.3 Å². The lowest BCUT2D eigenvalue weighted by molar-refractivity contribution is 0.251. The molecule has 0 aliphatic heterocycles. The molecule has 140 valence electrons. The number of hydrogen-bond donors (Lipinski definition) is 2. The first kappa shape index (κ1) is 18.1. The zero-order chi connectivity index (χ0) is 19.5. The topological polar surface area (TPSA) is 88.4 Å². The van der Waals surface area contributed by atoms with Gasteiger partial charge in [0.25, 0.3) is 5.56 Å². The van der Waals surface area contributed by atoms with Gasteiger partial charge in [0.05, 0.1) is 12.2 Å². The number of nitrogens with zero attached hydrogens (tertiary/aromatic N) is 3. The van der Waals surface area contributed by atoms with E-state index in [9.17, 15) is 9.59 Å². The third-order valence-electron chi connectivity index (χ3n) is 3.85. The van der Waals surface area contributed by atoms with Crippen LogP contribution in [-0.4, -0.2) is 20.6 Å². The van der Waals surface area contributed by atoms with Crippen LogP contribution in [-0.2, 0) is 6.54 Å². The summed E-state index contributed by atoms with van der Waals surface area (Å²) in [6.07, 6.45) is 0. The largest absolute Gasteiger partial charge is 0.332 e. The summed E-state index contributed by atoms with van der Waals surface area (Å²) in [7, 11) is 0. The average Bonchev–Trinajstić information content (AvgIpc) is 3.14. The van der Waals surface area contributed by atoms with Crippen LogP contribution in [0.1, 0.15) is 5.69 Å². The van der Waals surface area contributed by atoms with Gasteiger partial charge in [0.15, 0.2) is 0 Å². The van der Waals surface area contributed by atoms with Crippen molar-refractivity contribution in [2.75, 3.05) is 5.32 Å². The molecule has 9 heteroatoms. The quantitative estimate of drug-likeness (QED) is 0.534. The molecule has 2 aromatic heterocycles. The second-order valence-corrected chi connectivity index (χ2v) is 7.26. The number of carbonyl (C=O) groups is 1. The fourth-order valence-electron chi connectivity index (χ4n) is 2.52. The minimum atomic E-state index is -0.404. The standard InChI is InChI=1S/C19H14ClN5O2S/c20-13-6-8-14(9-7-13)22-18(27)21-11-15-10-16(26)25-19(23-15)28-17(24-25)12-4-2-1-3-5-12/h1-10H,11H2,(H2,21,22,27). The van der Waals surface area contributed by atoms with E-state index in [0.29, 0.717) is 26.4 Å². The number of anilines is 1. The number of amides is 2. The van der Waals surface area contributed by atoms with Gasteiger partial charge in [0.2, 0.25) is 4.96 Å². The number of benzene rings is 2. The molecule has 0 fully saturated rings. The molecule has 0 bridgehead atoms. The van der Waals surface area contributed by atoms with Gasteiger partial charge in [0, 0.05) is 22.3 Å². The summed E-state index contributed by atoms with van der Waals surface area (Å²) in [6.45, 7) is 0.115. The van der Waals surface area contributed by atoms with E-state index >= 15 is 0 Å². The molecule has 2 aromatic carbocycles. The third kappa shape index (κ3) is 4.03. The lowest BCUT2D eigenvalue weighted by atomic mass is 10.2. The molecule has 2 heterocycles. The predicted molar refractivity (Wildman–Crippen MR) is 110 cm³/mol. The number of fused-ring (bicyclic) bond motifs is 1. The highest BCUT2D eigenvalue weighted by Gasteiger charge is 2.11. The van der Waals surface area contributed by atoms with Crippen molar-refractivity contribution in [2.24, 2.45) is 0 Å². The van der Waals surface area contributed by atoms with Gasteiger partial charge >= 0.3 is 6.03 Å². The van der Waals surface area contributed by atoms with E-state index in [4.69, 9.17) is 11.6 Å². The molecular formula is C19H14ClN5O2S. The fraction of sp³-hybridized carbons (Fsp3) is 0.0526. The number of rotatable bonds is 4. The monoisotopic (exact) mass is 411 g/mol. The molecule has 0 saturated carbocycles. The van der Waals surface area contributed by atoms with Gasteiger partial charge in [-0.2, -0.15) is 9.61 Å². The molecule has 2 amide bonds. The average molecular weight is 412 g/mol. The highest BCUT2D eigenvalue weighted by molar-refractivity contribution is 7.19. The molecule has 4 rings (SSSR count). The van der Waals surface area contributed by atoms with Crippen molar-refractivity contribution in [1.29, 1.82) is 0 Å². The molecule has 0 unspecified atom stereocenters. The van der Waals surface area contributed by atoms with Crippen LogP contribution in [0.5, 0.6) is 0 Å². The van der Waals surface area contributed by atoms with Crippen molar-refractivity contribution in [1.82, 2.24) is 19.9 Å². The number of carbonyl (C=O) groups excluding carboxylic acids is 1. The van der Waals surface area contributed by atoms with Gasteiger partial charge < -0.3 is 10.6 Å². The van der Waals surface area contributed by atoms with Crippen molar-refractivity contribution in [3.8, 4) is 10.6 Å². The van der Waals surface area contributed by atoms with Crippen LogP contribution < -0.4 is 16.2 Å². The number of nitrogens with one attached hydrogen (secondary N) is 2. The summed E-state index contributed by atoms with van der Waals surface area (Å²) in [4.78, 5) is 29.3. The summed E-state index contributed by atoms with van der Waals surface area (Å²) in [5.41, 5.74) is 1.69. The Balaban J connectivity index is 1.49. The zero-order valence-corrected chi connectivity index (χ0v) is 16.0. The van der Waals surface area contributed by atoms with E-state index in [2.05, 4.69) is 20.7 Å². The van der Waals surface area contributed by atoms with Crippen LogP contribution in [0.3, 0.4) is 0 Å². The van der Waals surface area contributed by atoms with E-state index in [-0.39, 0.29) is 12.1 Å². The van der Waals surface area contributed by atoms with E-state index in [1.54, 1.807) is 24.3 Å². The molecule has 28 heavy (non-hydrogen) atoms. The van der Waals surface area contributed by atoms with E-state index in [1.807, 2.05) is 30.3 Å². The molecule has 0 aliphatic carbocycles. The first-order chi connectivity index (χ1) is 13.6. The Kier molecular flexibility index (Phi) is 5.05. The van der Waals surface area contributed by atoms with Crippen LogP contribution in [0.2, 0.25) is 5.02 Å². The molecule has 7 nitrogen and oxygen atoms in total. The molecule has 0 saturated heterocycles. The number of aromatic nitrogens is 3. The highest BCUT2D eigenvalue weighted by atomic mass is 35.5. The SMILES string of the molecule is O=C(NCc1cc(=O)n2nc(-c3ccccc3)sc2n1)Nc1ccc(Cl)cc1. The summed E-state index contributed by atoms with van der Waals surface area (Å²) in [5.74, 6) is 0. The summed E-state index contributed by atoms with van der Waals surface area (Å²) in [5, 5.41) is 11.0. The lowest BCUT2D eigenvalue weighted by Gasteiger charge is -2.07. The Morgan fingerprint density at radius 1 is 1.11 bits per heavy atom. The number of urea groups is 1. The second kappa shape index (κ2) is 7.79. The highest BCUT2D eigenvalue weighted by Crippen LogP contribution is 2.23. The minimum absolute atomic E-state index is 0.115. The molecule has 2 N–H and O–H groups in total. The van der Waals surface area contributed by atoms with Crippen molar-refractivity contribution in [2.45, 2.75) is 6.54 Å². The molecular weight excluding hydrogens is 398 g/mol. The first-order valence-corrected chi connectivity index (χ1v) is 9.53. The first-order valence-electron chi connectivity index (χ1n) is 8.34. The normalized spacial score (nSPS) is 10.8. The van der Waals surface area contributed by atoms with Gasteiger partial charge in [0.1, 0.15) is 5.01 Å². The molecule has 0 atom stereocenters. The van der Waals surface area contributed by atoms with Crippen LogP contribution in [0.25, 0.3) is 15.5 Å². The Morgan fingerprint density at radius 2 is 1.86 bits per heavy atom. The van der Waals surface area contributed by atoms with E-state index in [0.717, 1.165) is 5.56 Å². The number of hydrogen-bond acceptors (Lipinski definition) is 5. The Hall–Kier alpha value is -3.23. The van der Waals surface area contributed by atoms with Crippen LogP contribution >= 0.6 is 22.9 Å². The van der Waals surface area contributed by atoms with Gasteiger partial charge in [-0.15, -0.1) is 0 Å². The Morgan fingerprint density at radius 3 is 2.61 bits per heavy atom. The minimum Gasteiger partial charge on any atom is -0.332 e. The van der Waals surface area contributed by atoms with Crippen molar-refractivity contribution < 1.29 is 4.79 Å². The van der Waals surface area contributed by atoms with Gasteiger partial charge in [-0.05, 0) is 24.3 Å². The molecule has 0 spiro atoms. The molecule has 0 aliphatic rings. The predicted octanol–water partition coefficient (Wildman–Crippen LogP) is 3.79. The Bertz CT molecular complexity index is 1190.